The van der Waals surface area contributed by atoms with E-state index in [0.717, 1.165) is 22.5 Å². The standard InChI is InChI=1S/C12H12BrClN2O2S2/c1-6-3-4-9(15)11(7(6)2)16-20(17,18)10-5-8(14)12(13)19-10/h3-5,16H,15H2,1-2H3. The van der Waals surface area contributed by atoms with Crippen LogP contribution in [0.2, 0.25) is 5.02 Å². The van der Waals surface area contributed by atoms with Gasteiger partial charge < -0.3 is 5.73 Å². The van der Waals surface area contributed by atoms with E-state index in [-0.39, 0.29) is 4.21 Å². The van der Waals surface area contributed by atoms with E-state index in [1.807, 2.05) is 19.9 Å². The minimum atomic E-state index is -3.70. The van der Waals surface area contributed by atoms with Crippen LogP contribution in [0.25, 0.3) is 0 Å². The number of halogens is 2. The Balaban J connectivity index is 2.46. The molecule has 0 fully saturated rings. The number of benzene rings is 1. The van der Waals surface area contributed by atoms with Crippen molar-refractivity contribution in [1.82, 2.24) is 0 Å². The Labute approximate surface area is 135 Å². The van der Waals surface area contributed by atoms with Gasteiger partial charge in [-0.15, -0.1) is 11.3 Å². The van der Waals surface area contributed by atoms with Crippen molar-refractivity contribution in [3.05, 3.63) is 38.1 Å². The predicted octanol–water partition coefficient (Wildman–Crippen LogP) is 4.16. The minimum absolute atomic E-state index is 0.134. The van der Waals surface area contributed by atoms with Gasteiger partial charge in [-0.1, -0.05) is 17.7 Å². The predicted molar refractivity (Wildman–Crippen MR) is 88.2 cm³/mol. The van der Waals surface area contributed by atoms with Crippen LogP contribution in [0.15, 0.2) is 26.2 Å². The third-order valence-corrected chi connectivity index (χ3v) is 7.19. The Morgan fingerprint density at radius 1 is 1.35 bits per heavy atom. The first kappa shape index (κ1) is 15.6. The molecule has 0 amide bonds. The summed E-state index contributed by atoms with van der Waals surface area (Å²) in [6.45, 7) is 3.71. The third-order valence-electron chi connectivity index (χ3n) is 2.89. The molecule has 0 aliphatic rings. The van der Waals surface area contributed by atoms with Gasteiger partial charge in [-0.05, 0) is 53.0 Å². The average molecular weight is 396 g/mol. The second kappa shape index (κ2) is 5.55. The van der Waals surface area contributed by atoms with Gasteiger partial charge in [-0.2, -0.15) is 0 Å². The maximum atomic E-state index is 12.3. The number of rotatable bonds is 3. The highest BCUT2D eigenvalue weighted by Crippen LogP contribution is 2.36. The summed E-state index contributed by atoms with van der Waals surface area (Å²) in [5.74, 6) is 0. The van der Waals surface area contributed by atoms with Crippen LogP contribution in [0.3, 0.4) is 0 Å². The smallest absolute Gasteiger partial charge is 0.271 e. The highest BCUT2D eigenvalue weighted by Gasteiger charge is 2.21. The van der Waals surface area contributed by atoms with Crippen LogP contribution in [-0.4, -0.2) is 8.42 Å². The monoisotopic (exact) mass is 394 g/mol. The summed E-state index contributed by atoms with van der Waals surface area (Å²) in [5.41, 5.74) is 8.41. The summed E-state index contributed by atoms with van der Waals surface area (Å²) < 4.78 is 27.9. The van der Waals surface area contributed by atoms with Crippen LogP contribution in [0, 0.1) is 13.8 Å². The van der Waals surface area contributed by atoms with E-state index in [2.05, 4.69) is 20.7 Å². The Morgan fingerprint density at radius 3 is 2.55 bits per heavy atom. The number of anilines is 2. The second-order valence-corrected chi connectivity index (χ2v) is 8.95. The normalized spacial score (nSPS) is 11.6. The maximum absolute atomic E-state index is 12.3. The van der Waals surface area contributed by atoms with Gasteiger partial charge in [0.1, 0.15) is 4.21 Å². The number of hydrogen-bond donors (Lipinski definition) is 2. The van der Waals surface area contributed by atoms with Crippen molar-refractivity contribution in [3.8, 4) is 0 Å². The molecule has 0 bridgehead atoms. The third kappa shape index (κ3) is 2.95. The van der Waals surface area contributed by atoms with Crippen molar-refractivity contribution in [1.29, 1.82) is 0 Å². The van der Waals surface area contributed by atoms with Crippen LogP contribution < -0.4 is 10.5 Å². The van der Waals surface area contributed by atoms with Crippen molar-refractivity contribution in [2.24, 2.45) is 0 Å². The highest BCUT2D eigenvalue weighted by atomic mass is 79.9. The van der Waals surface area contributed by atoms with Crippen molar-refractivity contribution in [2.45, 2.75) is 18.1 Å². The lowest BCUT2D eigenvalue weighted by atomic mass is 10.1. The van der Waals surface area contributed by atoms with Gasteiger partial charge in [0, 0.05) is 0 Å². The van der Waals surface area contributed by atoms with E-state index in [1.54, 1.807) is 6.07 Å². The molecule has 1 aromatic heterocycles. The molecule has 108 valence electrons. The maximum Gasteiger partial charge on any atom is 0.271 e. The first-order valence-electron chi connectivity index (χ1n) is 5.55. The SMILES string of the molecule is Cc1ccc(N)c(NS(=O)(=O)c2cc(Cl)c(Br)s2)c1C. The number of nitrogens with two attached hydrogens (primary N) is 1. The molecule has 2 rings (SSSR count). The number of sulfonamides is 1. The van der Waals surface area contributed by atoms with Gasteiger partial charge in [-0.3, -0.25) is 4.72 Å². The van der Waals surface area contributed by atoms with Crippen LogP contribution >= 0.6 is 38.9 Å². The quantitative estimate of drug-likeness (QED) is 0.766. The number of nitrogen functional groups attached to an aromatic ring is 1. The molecule has 0 aliphatic carbocycles. The first-order valence-corrected chi connectivity index (χ1v) is 9.03. The summed E-state index contributed by atoms with van der Waals surface area (Å²) in [7, 11) is -3.70. The lowest BCUT2D eigenvalue weighted by Gasteiger charge is -2.13. The first-order chi connectivity index (χ1) is 9.22. The lowest BCUT2D eigenvalue weighted by Crippen LogP contribution is -2.14. The summed E-state index contributed by atoms with van der Waals surface area (Å²) in [4.78, 5) is 0. The molecule has 0 radical (unpaired) electrons. The topological polar surface area (TPSA) is 72.2 Å². The summed E-state index contributed by atoms with van der Waals surface area (Å²) in [5, 5.41) is 0.365. The molecule has 0 saturated heterocycles. The van der Waals surface area contributed by atoms with Gasteiger partial charge >= 0.3 is 0 Å². The van der Waals surface area contributed by atoms with Crippen molar-refractivity contribution in [2.75, 3.05) is 10.5 Å². The molecular weight excluding hydrogens is 384 g/mol. The van der Waals surface area contributed by atoms with E-state index in [1.165, 1.54) is 6.07 Å². The number of hydrogen-bond acceptors (Lipinski definition) is 4. The molecule has 0 aliphatic heterocycles. The van der Waals surface area contributed by atoms with Crippen LogP contribution in [0.5, 0.6) is 0 Å². The van der Waals surface area contributed by atoms with E-state index < -0.39 is 10.0 Å². The number of thiophene rings is 1. The molecule has 0 spiro atoms. The molecule has 1 aromatic carbocycles. The molecule has 2 aromatic rings. The number of nitrogens with one attached hydrogen (secondary N) is 1. The Kier molecular flexibility index (Phi) is 4.34. The minimum Gasteiger partial charge on any atom is -0.397 e. The van der Waals surface area contributed by atoms with Gasteiger partial charge in [0.25, 0.3) is 10.0 Å². The fourth-order valence-corrected chi connectivity index (χ4v) is 5.17. The van der Waals surface area contributed by atoms with Crippen LogP contribution in [0.1, 0.15) is 11.1 Å². The van der Waals surface area contributed by atoms with Gasteiger partial charge in [0.05, 0.1) is 20.2 Å². The molecule has 20 heavy (non-hydrogen) atoms. The van der Waals surface area contributed by atoms with Crippen LogP contribution in [0.4, 0.5) is 11.4 Å². The zero-order chi connectivity index (χ0) is 15.1. The van der Waals surface area contributed by atoms with E-state index in [0.29, 0.717) is 20.2 Å². The van der Waals surface area contributed by atoms with E-state index >= 15 is 0 Å². The highest BCUT2D eigenvalue weighted by molar-refractivity contribution is 9.11. The van der Waals surface area contributed by atoms with E-state index in [9.17, 15) is 8.42 Å². The van der Waals surface area contributed by atoms with E-state index in [4.69, 9.17) is 17.3 Å². The molecule has 8 heteroatoms. The summed E-state index contributed by atoms with van der Waals surface area (Å²) in [6, 6.07) is 4.93. The van der Waals surface area contributed by atoms with Crippen molar-refractivity contribution >= 4 is 60.3 Å². The summed E-state index contributed by atoms with van der Waals surface area (Å²) >= 11 is 10.1. The van der Waals surface area contributed by atoms with Gasteiger partial charge in [0.15, 0.2) is 0 Å². The molecule has 0 atom stereocenters. The van der Waals surface area contributed by atoms with Crippen molar-refractivity contribution < 1.29 is 8.42 Å². The molecule has 4 nitrogen and oxygen atoms in total. The molecule has 0 saturated carbocycles. The van der Waals surface area contributed by atoms with Crippen molar-refractivity contribution in [3.63, 3.8) is 0 Å². The molecule has 1 heterocycles. The zero-order valence-corrected chi connectivity index (χ0v) is 14.7. The van der Waals surface area contributed by atoms with Crippen LogP contribution in [-0.2, 0) is 10.0 Å². The Hall–Kier alpha value is -0.760. The largest absolute Gasteiger partial charge is 0.397 e. The van der Waals surface area contributed by atoms with Gasteiger partial charge in [-0.25, -0.2) is 8.42 Å². The van der Waals surface area contributed by atoms with Gasteiger partial charge in [0.2, 0.25) is 0 Å². The fraction of sp³-hybridized carbons (Fsp3) is 0.167. The Bertz CT molecular complexity index is 753. The average Bonchev–Trinajstić information content (AvgIpc) is 2.71. The molecular formula is C12H12BrClN2O2S2. The lowest BCUT2D eigenvalue weighted by molar-refractivity contribution is 0.603. The fourth-order valence-electron chi connectivity index (χ4n) is 1.62. The molecule has 0 unspecified atom stereocenters. The summed E-state index contributed by atoms with van der Waals surface area (Å²) in [6.07, 6.45) is 0. The zero-order valence-electron chi connectivity index (χ0n) is 10.7. The number of aryl methyl sites for hydroxylation is 1. The second-order valence-electron chi connectivity index (χ2n) is 4.26. The Morgan fingerprint density at radius 2 is 2.00 bits per heavy atom. The molecule has 3 N–H and O–H groups in total.